The van der Waals surface area contributed by atoms with Gasteiger partial charge in [-0.2, -0.15) is 0 Å². The Bertz CT molecular complexity index is 860. The van der Waals surface area contributed by atoms with Gasteiger partial charge in [0.1, 0.15) is 0 Å². The number of H-pyrrole nitrogens is 1. The number of aromatic nitrogens is 1. The van der Waals surface area contributed by atoms with Gasteiger partial charge in [0.15, 0.2) is 0 Å². The van der Waals surface area contributed by atoms with Gasteiger partial charge < -0.3 is 4.98 Å². The Morgan fingerprint density at radius 1 is 1.25 bits per heavy atom. The summed E-state index contributed by atoms with van der Waals surface area (Å²) in [6, 6.07) is 10.1. The first kappa shape index (κ1) is 12.4. The van der Waals surface area contributed by atoms with Crippen molar-refractivity contribution in [3.8, 4) is 0 Å². The molecule has 100 valence electrons. The Labute approximate surface area is 115 Å². The molecule has 0 aliphatic carbocycles. The van der Waals surface area contributed by atoms with Crippen LogP contribution >= 0.6 is 0 Å². The molecule has 0 aliphatic rings. The molecule has 1 aromatic heterocycles. The van der Waals surface area contributed by atoms with Gasteiger partial charge in [-0.1, -0.05) is 18.2 Å². The van der Waals surface area contributed by atoms with Gasteiger partial charge in [-0.25, -0.2) is 0 Å². The average Bonchev–Trinajstić information content (AvgIpc) is 2.81. The molecule has 0 saturated carbocycles. The lowest BCUT2D eigenvalue weighted by Crippen LogP contribution is -1.88. The fourth-order valence-electron chi connectivity index (χ4n) is 2.70. The minimum absolute atomic E-state index is 0.436. The Hall–Kier alpha value is -2.62. The Kier molecular flexibility index (Phi) is 2.79. The molecular formula is C16H14N2O2. The molecule has 0 spiro atoms. The highest BCUT2D eigenvalue weighted by molar-refractivity contribution is 6.10. The average molecular weight is 266 g/mol. The third kappa shape index (κ3) is 1.86. The van der Waals surface area contributed by atoms with Crippen LogP contribution in [0.3, 0.4) is 0 Å². The van der Waals surface area contributed by atoms with Crippen LogP contribution in [0.15, 0.2) is 36.5 Å². The zero-order valence-corrected chi connectivity index (χ0v) is 11.3. The number of nitrogens with zero attached hydrogens (tertiary/aromatic N) is 1. The highest BCUT2D eigenvalue weighted by atomic mass is 16.6. The maximum Gasteiger partial charge on any atom is 0.235 e. The van der Waals surface area contributed by atoms with Crippen LogP contribution in [0.25, 0.3) is 27.9 Å². The molecule has 4 nitrogen and oxygen atoms in total. The van der Waals surface area contributed by atoms with Gasteiger partial charge in [-0.05, 0) is 42.7 Å². The lowest BCUT2D eigenvalue weighted by molar-refractivity contribution is -0.400. The molecule has 0 amide bonds. The summed E-state index contributed by atoms with van der Waals surface area (Å²) in [4.78, 5) is 13.5. The SMILES string of the molecule is Cc1cc(C=C[N+](=O)[O-])c(C)c2c1[nH]c1ccccc12. The van der Waals surface area contributed by atoms with E-state index in [1.54, 1.807) is 6.08 Å². The van der Waals surface area contributed by atoms with Gasteiger partial charge in [0.05, 0.1) is 4.92 Å². The molecule has 0 atom stereocenters. The number of hydrogen-bond acceptors (Lipinski definition) is 2. The smallest absolute Gasteiger partial charge is 0.235 e. The number of hydrogen-bond donors (Lipinski definition) is 1. The number of rotatable bonds is 2. The summed E-state index contributed by atoms with van der Waals surface area (Å²) in [6.07, 6.45) is 2.55. The molecule has 1 heterocycles. The van der Waals surface area contributed by atoms with Gasteiger partial charge in [0, 0.05) is 27.9 Å². The largest absolute Gasteiger partial charge is 0.354 e. The zero-order chi connectivity index (χ0) is 14.3. The van der Waals surface area contributed by atoms with Crippen molar-refractivity contribution in [1.29, 1.82) is 0 Å². The van der Waals surface area contributed by atoms with Gasteiger partial charge in [-0.15, -0.1) is 0 Å². The summed E-state index contributed by atoms with van der Waals surface area (Å²) in [7, 11) is 0. The lowest BCUT2D eigenvalue weighted by Gasteiger charge is -2.05. The monoisotopic (exact) mass is 266 g/mol. The van der Waals surface area contributed by atoms with Crippen LogP contribution in [0.2, 0.25) is 0 Å². The van der Waals surface area contributed by atoms with Gasteiger partial charge >= 0.3 is 0 Å². The minimum Gasteiger partial charge on any atom is -0.354 e. The highest BCUT2D eigenvalue weighted by Crippen LogP contribution is 2.32. The van der Waals surface area contributed by atoms with Crippen molar-refractivity contribution in [3.63, 3.8) is 0 Å². The van der Waals surface area contributed by atoms with Crippen LogP contribution in [0.5, 0.6) is 0 Å². The first-order valence-corrected chi connectivity index (χ1v) is 6.40. The summed E-state index contributed by atoms with van der Waals surface area (Å²) in [5.41, 5.74) is 5.22. The first-order chi connectivity index (χ1) is 9.58. The zero-order valence-electron chi connectivity index (χ0n) is 11.3. The van der Waals surface area contributed by atoms with E-state index in [-0.39, 0.29) is 0 Å². The molecule has 0 aliphatic heterocycles. The quantitative estimate of drug-likeness (QED) is 0.558. The third-order valence-electron chi connectivity index (χ3n) is 3.66. The first-order valence-electron chi connectivity index (χ1n) is 6.40. The Morgan fingerprint density at radius 2 is 2.00 bits per heavy atom. The van der Waals surface area contributed by atoms with Gasteiger partial charge in [-0.3, -0.25) is 10.1 Å². The van der Waals surface area contributed by atoms with Crippen LogP contribution < -0.4 is 0 Å². The van der Waals surface area contributed by atoms with Crippen molar-refractivity contribution in [2.75, 3.05) is 0 Å². The van der Waals surface area contributed by atoms with Crippen molar-refractivity contribution in [1.82, 2.24) is 4.98 Å². The van der Waals surface area contributed by atoms with Crippen LogP contribution in [0.4, 0.5) is 0 Å². The second kappa shape index (κ2) is 4.49. The predicted octanol–water partition coefficient (Wildman–Crippen LogP) is 4.19. The van der Waals surface area contributed by atoms with Crippen LogP contribution in [-0.4, -0.2) is 9.91 Å². The maximum atomic E-state index is 10.5. The van der Waals surface area contributed by atoms with Crippen LogP contribution in [-0.2, 0) is 0 Å². The molecule has 0 bridgehead atoms. The minimum atomic E-state index is -0.436. The van der Waals surface area contributed by atoms with E-state index in [0.717, 1.165) is 44.7 Å². The summed E-state index contributed by atoms with van der Waals surface area (Å²) in [5, 5.41) is 12.8. The molecule has 0 unspecified atom stereocenters. The number of aryl methyl sites for hydroxylation is 2. The number of nitro groups is 1. The Morgan fingerprint density at radius 3 is 2.75 bits per heavy atom. The normalized spacial score (nSPS) is 11.7. The van der Waals surface area contributed by atoms with Crippen LogP contribution in [0, 0.1) is 24.0 Å². The standard InChI is InChI=1S/C16H14N2O2/c1-10-9-12(7-8-18(19)20)11(2)15-13-5-3-4-6-14(13)17-16(10)15/h3-9,17H,1-2H3. The molecule has 0 fully saturated rings. The summed E-state index contributed by atoms with van der Waals surface area (Å²) < 4.78 is 0. The molecule has 4 heteroatoms. The van der Waals surface area contributed by atoms with E-state index < -0.39 is 4.92 Å². The number of benzene rings is 2. The Balaban J connectivity index is 2.38. The van der Waals surface area contributed by atoms with E-state index >= 15 is 0 Å². The van der Waals surface area contributed by atoms with E-state index in [0.29, 0.717) is 0 Å². The molecule has 20 heavy (non-hydrogen) atoms. The molecule has 0 saturated heterocycles. The topological polar surface area (TPSA) is 58.9 Å². The van der Waals surface area contributed by atoms with E-state index in [9.17, 15) is 10.1 Å². The number of fused-ring (bicyclic) bond motifs is 3. The number of nitrogens with one attached hydrogen (secondary N) is 1. The predicted molar refractivity (Wildman–Crippen MR) is 81.3 cm³/mol. The third-order valence-corrected chi connectivity index (χ3v) is 3.66. The van der Waals surface area contributed by atoms with E-state index in [1.165, 1.54) is 0 Å². The van der Waals surface area contributed by atoms with Crippen molar-refractivity contribution in [2.45, 2.75) is 13.8 Å². The second-order valence-corrected chi connectivity index (χ2v) is 4.93. The van der Waals surface area contributed by atoms with Crippen molar-refractivity contribution < 1.29 is 4.92 Å². The van der Waals surface area contributed by atoms with E-state index in [4.69, 9.17) is 0 Å². The fourth-order valence-corrected chi connectivity index (χ4v) is 2.70. The number of aromatic amines is 1. The van der Waals surface area contributed by atoms with Gasteiger partial charge in [0.2, 0.25) is 6.20 Å². The second-order valence-electron chi connectivity index (χ2n) is 4.93. The van der Waals surface area contributed by atoms with E-state index in [1.807, 2.05) is 38.1 Å². The number of para-hydroxylation sites is 1. The molecule has 2 aromatic carbocycles. The molecule has 3 rings (SSSR count). The molecule has 0 radical (unpaired) electrons. The van der Waals surface area contributed by atoms with Crippen molar-refractivity contribution >= 4 is 27.9 Å². The molecule has 1 N–H and O–H groups in total. The van der Waals surface area contributed by atoms with Crippen molar-refractivity contribution in [2.24, 2.45) is 0 Å². The van der Waals surface area contributed by atoms with Crippen LogP contribution in [0.1, 0.15) is 16.7 Å². The maximum absolute atomic E-state index is 10.5. The molecular weight excluding hydrogens is 252 g/mol. The molecule has 3 aromatic rings. The fraction of sp³-hybridized carbons (Fsp3) is 0.125. The lowest BCUT2D eigenvalue weighted by atomic mass is 9.98. The highest BCUT2D eigenvalue weighted by Gasteiger charge is 2.11. The summed E-state index contributed by atoms with van der Waals surface area (Å²) >= 11 is 0. The summed E-state index contributed by atoms with van der Waals surface area (Å²) in [5.74, 6) is 0. The van der Waals surface area contributed by atoms with Gasteiger partial charge in [0.25, 0.3) is 0 Å². The summed E-state index contributed by atoms with van der Waals surface area (Å²) in [6.45, 7) is 4.02. The van der Waals surface area contributed by atoms with E-state index in [2.05, 4.69) is 11.1 Å². The van der Waals surface area contributed by atoms with Crippen molar-refractivity contribution in [3.05, 3.63) is 63.3 Å².